The third kappa shape index (κ3) is 6.30. The summed E-state index contributed by atoms with van der Waals surface area (Å²) in [5, 5.41) is 9.23. The summed E-state index contributed by atoms with van der Waals surface area (Å²) >= 11 is 0. The van der Waals surface area contributed by atoms with Gasteiger partial charge in [0.25, 0.3) is 5.56 Å². The van der Waals surface area contributed by atoms with Crippen LogP contribution in [0.15, 0.2) is 65.5 Å². The number of nitrogens with one attached hydrogen (secondary N) is 2. The number of hydrogen-bond donors (Lipinski definition) is 2. The van der Waals surface area contributed by atoms with Gasteiger partial charge in [-0.2, -0.15) is 5.10 Å². The Morgan fingerprint density at radius 3 is 2.74 bits per heavy atom. The Balaban J connectivity index is 1.66. The second-order valence-electron chi connectivity index (χ2n) is 6.82. The molecule has 1 aromatic heterocycles. The number of aromatic amines is 1. The van der Waals surface area contributed by atoms with Crippen LogP contribution in [-0.4, -0.2) is 29.8 Å². The summed E-state index contributed by atoms with van der Waals surface area (Å²) in [4.78, 5) is 23.5. The highest BCUT2D eigenvalue weighted by Gasteiger charge is 2.06. The summed E-state index contributed by atoms with van der Waals surface area (Å²) in [5.41, 5.74) is 2.56. The highest BCUT2D eigenvalue weighted by Crippen LogP contribution is 2.28. The Kier molecular flexibility index (Phi) is 7.59. The van der Waals surface area contributed by atoms with E-state index in [4.69, 9.17) is 9.47 Å². The summed E-state index contributed by atoms with van der Waals surface area (Å²) in [7, 11) is 1.59. The smallest absolute Gasteiger partial charge is 0.264 e. The zero-order chi connectivity index (χ0) is 22.1. The molecule has 0 atom stereocenters. The van der Waals surface area contributed by atoms with Crippen LogP contribution >= 0.6 is 0 Å². The predicted molar refractivity (Wildman–Crippen MR) is 121 cm³/mol. The number of ether oxygens (including phenoxy) is 2. The minimum atomic E-state index is -0.270. The molecule has 2 N–H and O–H groups in total. The van der Waals surface area contributed by atoms with Crippen molar-refractivity contribution in [1.82, 2.24) is 10.2 Å². The molecule has 0 saturated heterocycles. The van der Waals surface area contributed by atoms with Crippen LogP contribution in [0.25, 0.3) is 17.3 Å². The number of amides is 1. The molecule has 0 saturated carbocycles. The van der Waals surface area contributed by atoms with Crippen LogP contribution in [-0.2, 0) is 4.79 Å². The summed E-state index contributed by atoms with van der Waals surface area (Å²) in [6.45, 7) is 2.74. The molecular formula is C24H25N3O4. The molecule has 2 aromatic carbocycles. The minimum absolute atomic E-state index is 0.268. The van der Waals surface area contributed by atoms with Gasteiger partial charge in [-0.3, -0.25) is 9.59 Å². The van der Waals surface area contributed by atoms with Gasteiger partial charge in [0.2, 0.25) is 5.91 Å². The molecule has 31 heavy (non-hydrogen) atoms. The quantitative estimate of drug-likeness (QED) is 0.399. The molecule has 3 aromatic rings. The first-order valence-electron chi connectivity index (χ1n) is 10.0. The second-order valence-corrected chi connectivity index (χ2v) is 6.82. The van der Waals surface area contributed by atoms with Gasteiger partial charge in [0.05, 0.1) is 19.4 Å². The van der Waals surface area contributed by atoms with Crippen molar-refractivity contribution in [2.24, 2.45) is 0 Å². The molecule has 0 fully saturated rings. The van der Waals surface area contributed by atoms with E-state index in [0.717, 1.165) is 24.0 Å². The van der Waals surface area contributed by atoms with Gasteiger partial charge in [-0.25, -0.2) is 5.10 Å². The maximum absolute atomic E-state index is 12.4. The number of rotatable bonds is 9. The summed E-state index contributed by atoms with van der Waals surface area (Å²) in [5.74, 6) is 1.04. The van der Waals surface area contributed by atoms with Crippen LogP contribution in [0.3, 0.4) is 0 Å². The van der Waals surface area contributed by atoms with Gasteiger partial charge in [-0.05, 0) is 48.4 Å². The molecule has 7 heteroatoms. The molecule has 1 heterocycles. The summed E-state index contributed by atoms with van der Waals surface area (Å²) in [6.07, 6.45) is 5.20. The van der Waals surface area contributed by atoms with E-state index in [1.165, 1.54) is 12.1 Å². The molecule has 0 aliphatic carbocycles. The first-order valence-corrected chi connectivity index (χ1v) is 10.0. The van der Waals surface area contributed by atoms with E-state index in [1.807, 2.05) is 30.3 Å². The van der Waals surface area contributed by atoms with Gasteiger partial charge >= 0.3 is 0 Å². The molecule has 0 spiro atoms. The van der Waals surface area contributed by atoms with Gasteiger partial charge in [-0.1, -0.05) is 31.5 Å². The van der Waals surface area contributed by atoms with E-state index in [1.54, 1.807) is 31.4 Å². The highest BCUT2D eigenvalue weighted by molar-refractivity contribution is 6.02. The number of hydrogen-bond acceptors (Lipinski definition) is 5. The average molecular weight is 419 g/mol. The largest absolute Gasteiger partial charge is 0.493 e. The van der Waals surface area contributed by atoms with Crippen LogP contribution in [0, 0.1) is 0 Å². The Hall–Kier alpha value is -3.87. The number of unbranched alkanes of at least 4 members (excludes halogenated alkanes) is 1. The lowest BCUT2D eigenvalue weighted by Gasteiger charge is -2.11. The third-order valence-electron chi connectivity index (χ3n) is 4.48. The van der Waals surface area contributed by atoms with E-state index >= 15 is 0 Å². The molecular weight excluding hydrogens is 394 g/mol. The van der Waals surface area contributed by atoms with Gasteiger partial charge in [0.15, 0.2) is 11.5 Å². The Morgan fingerprint density at radius 1 is 1.13 bits per heavy atom. The van der Waals surface area contributed by atoms with Crippen LogP contribution in [0.5, 0.6) is 11.5 Å². The SMILES string of the molecule is CCCCOc1ccc(/C=C/C(=O)Nc2cccc(-c3ccc(=O)[nH]n3)c2)cc1OC. The molecule has 160 valence electrons. The van der Waals surface area contributed by atoms with E-state index in [9.17, 15) is 9.59 Å². The molecule has 1 amide bonds. The van der Waals surface area contributed by atoms with E-state index in [-0.39, 0.29) is 11.5 Å². The molecule has 0 aliphatic heterocycles. The lowest BCUT2D eigenvalue weighted by molar-refractivity contribution is -0.111. The number of nitrogens with zero attached hydrogens (tertiary/aromatic N) is 1. The summed E-state index contributed by atoms with van der Waals surface area (Å²) in [6, 6.07) is 15.8. The van der Waals surface area contributed by atoms with Crippen molar-refractivity contribution in [3.05, 3.63) is 76.6 Å². The third-order valence-corrected chi connectivity index (χ3v) is 4.48. The fourth-order valence-corrected chi connectivity index (χ4v) is 2.85. The number of anilines is 1. The molecule has 3 rings (SSSR count). The zero-order valence-corrected chi connectivity index (χ0v) is 17.6. The fraction of sp³-hybridized carbons (Fsp3) is 0.208. The molecule has 7 nitrogen and oxygen atoms in total. The van der Waals surface area contributed by atoms with Crippen LogP contribution in [0.1, 0.15) is 25.3 Å². The molecule has 0 radical (unpaired) electrons. The fourth-order valence-electron chi connectivity index (χ4n) is 2.85. The number of carbonyl (C=O) groups is 1. The summed E-state index contributed by atoms with van der Waals surface area (Å²) < 4.78 is 11.1. The van der Waals surface area contributed by atoms with Gasteiger partial charge < -0.3 is 14.8 Å². The van der Waals surface area contributed by atoms with Crippen LogP contribution < -0.4 is 20.3 Å². The number of H-pyrrole nitrogens is 1. The van der Waals surface area contributed by atoms with Crippen molar-refractivity contribution in [1.29, 1.82) is 0 Å². The molecule has 0 aliphatic rings. The first-order chi connectivity index (χ1) is 15.1. The Labute approximate surface area is 180 Å². The molecule has 0 unspecified atom stereocenters. The van der Waals surface area contributed by atoms with Gasteiger partial charge in [0, 0.05) is 23.4 Å². The standard InChI is InChI=1S/C24H25N3O4/c1-3-4-14-31-21-11-8-17(15-22(21)30-2)9-12-23(28)25-19-7-5-6-18(16-19)20-10-13-24(29)27-26-20/h5-13,15-16H,3-4,14H2,1-2H3,(H,25,28)(H,27,29)/b12-9+. The zero-order valence-electron chi connectivity index (χ0n) is 17.6. The Bertz CT molecular complexity index is 1100. The van der Waals surface area contributed by atoms with Crippen LogP contribution in [0.4, 0.5) is 5.69 Å². The lowest BCUT2D eigenvalue weighted by atomic mass is 10.1. The first kappa shape index (κ1) is 21.8. The van der Waals surface area contributed by atoms with Crippen molar-refractivity contribution < 1.29 is 14.3 Å². The normalized spacial score (nSPS) is 10.8. The maximum Gasteiger partial charge on any atom is 0.264 e. The van der Waals surface area contributed by atoms with Crippen molar-refractivity contribution in [3.63, 3.8) is 0 Å². The molecule has 0 bridgehead atoms. The van der Waals surface area contributed by atoms with Gasteiger partial charge in [0.1, 0.15) is 0 Å². The van der Waals surface area contributed by atoms with E-state index in [0.29, 0.717) is 29.5 Å². The second kappa shape index (κ2) is 10.8. The predicted octanol–water partition coefficient (Wildman–Crippen LogP) is 4.28. The number of aromatic nitrogens is 2. The van der Waals surface area contributed by atoms with E-state index < -0.39 is 0 Å². The van der Waals surface area contributed by atoms with Gasteiger partial charge in [-0.15, -0.1) is 0 Å². The maximum atomic E-state index is 12.4. The highest BCUT2D eigenvalue weighted by atomic mass is 16.5. The number of methoxy groups -OCH3 is 1. The number of benzene rings is 2. The average Bonchev–Trinajstić information content (AvgIpc) is 2.79. The van der Waals surface area contributed by atoms with E-state index in [2.05, 4.69) is 22.4 Å². The van der Waals surface area contributed by atoms with Crippen molar-refractivity contribution >= 4 is 17.7 Å². The van der Waals surface area contributed by atoms with Crippen molar-refractivity contribution in [2.75, 3.05) is 19.0 Å². The van der Waals surface area contributed by atoms with Crippen LogP contribution in [0.2, 0.25) is 0 Å². The Morgan fingerprint density at radius 2 is 2.00 bits per heavy atom. The number of carbonyl (C=O) groups excluding carboxylic acids is 1. The monoisotopic (exact) mass is 419 g/mol. The lowest BCUT2D eigenvalue weighted by Crippen LogP contribution is -2.08. The van der Waals surface area contributed by atoms with Crippen molar-refractivity contribution in [2.45, 2.75) is 19.8 Å². The minimum Gasteiger partial charge on any atom is -0.493 e. The topological polar surface area (TPSA) is 93.3 Å². The van der Waals surface area contributed by atoms with Crippen molar-refractivity contribution in [3.8, 4) is 22.8 Å².